The average Bonchev–Trinajstić information content (AvgIpc) is 2.75. The van der Waals surface area contributed by atoms with Crippen LogP contribution in [-0.4, -0.2) is 56.4 Å². The van der Waals surface area contributed by atoms with Crippen LogP contribution in [0.3, 0.4) is 0 Å². The van der Waals surface area contributed by atoms with E-state index in [-0.39, 0.29) is 35.3 Å². The molecule has 0 saturated heterocycles. The Bertz CT molecular complexity index is 966. The van der Waals surface area contributed by atoms with Crippen LogP contribution < -0.4 is 14.2 Å². The van der Waals surface area contributed by atoms with Gasteiger partial charge in [0.1, 0.15) is 5.75 Å². The summed E-state index contributed by atoms with van der Waals surface area (Å²) < 4.78 is 15.6. The monoisotopic (exact) mass is 414 g/mol. The lowest BCUT2D eigenvalue weighted by atomic mass is 10.1. The fraction of sp³-hybridized carbons (Fsp3) is 0.238. The molecule has 30 heavy (non-hydrogen) atoms. The number of carbonyl (C=O) groups excluding carboxylic acids is 2. The fourth-order valence-electron chi connectivity index (χ4n) is 2.43. The van der Waals surface area contributed by atoms with Crippen molar-refractivity contribution in [2.24, 2.45) is 0 Å². The molecule has 158 valence electrons. The van der Waals surface area contributed by atoms with Gasteiger partial charge in [-0.05, 0) is 42.5 Å². The lowest BCUT2D eigenvalue weighted by molar-refractivity contribution is -0.385. The van der Waals surface area contributed by atoms with Crippen LogP contribution in [0.5, 0.6) is 17.2 Å². The fourth-order valence-corrected chi connectivity index (χ4v) is 2.43. The zero-order valence-corrected chi connectivity index (χ0v) is 17.1. The predicted molar refractivity (Wildman–Crippen MR) is 110 cm³/mol. The number of hydrogen-bond acceptors (Lipinski definition) is 7. The van der Waals surface area contributed by atoms with Crippen LogP contribution >= 0.6 is 0 Å². The van der Waals surface area contributed by atoms with Crippen LogP contribution in [0.25, 0.3) is 6.08 Å². The molecule has 0 atom stereocenters. The number of allylic oxidation sites excluding steroid dienone is 1. The van der Waals surface area contributed by atoms with Crippen LogP contribution in [0.4, 0.5) is 5.69 Å². The third-order valence-electron chi connectivity index (χ3n) is 4.14. The van der Waals surface area contributed by atoms with E-state index in [0.717, 1.165) is 0 Å². The molecule has 9 nitrogen and oxygen atoms in total. The summed E-state index contributed by atoms with van der Waals surface area (Å²) in [6, 6.07) is 8.91. The molecule has 0 N–H and O–H groups in total. The number of rotatable bonds is 9. The van der Waals surface area contributed by atoms with E-state index in [1.807, 2.05) is 0 Å². The van der Waals surface area contributed by atoms with E-state index in [0.29, 0.717) is 17.1 Å². The molecule has 0 heterocycles. The highest BCUT2D eigenvalue weighted by Crippen LogP contribution is 2.35. The van der Waals surface area contributed by atoms with E-state index >= 15 is 0 Å². The van der Waals surface area contributed by atoms with E-state index in [9.17, 15) is 19.7 Å². The van der Waals surface area contributed by atoms with Crippen molar-refractivity contribution in [3.05, 3.63) is 63.7 Å². The highest BCUT2D eigenvalue weighted by molar-refractivity contribution is 6.07. The van der Waals surface area contributed by atoms with E-state index < -0.39 is 4.92 Å². The molecule has 0 saturated carbocycles. The maximum Gasteiger partial charge on any atom is 0.280 e. The Morgan fingerprint density at radius 3 is 2.20 bits per heavy atom. The Balaban J connectivity index is 2.17. The number of methoxy groups -OCH3 is 2. The molecule has 1 amide bonds. The van der Waals surface area contributed by atoms with Crippen LogP contribution in [-0.2, 0) is 4.79 Å². The van der Waals surface area contributed by atoms with Gasteiger partial charge in [0.25, 0.3) is 11.6 Å². The standard InChI is InChI=1S/C21H22N2O7/c1-22(2)21(25)13-30-16-8-5-14(6-9-16)18(24)10-7-15-11-19(28-3)20(29-4)12-17(15)23(26)27/h5-12H,13H2,1-4H3/b10-7+. The highest BCUT2D eigenvalue weighted by atomic mass is 16.6. The second kappa shape index (κ2) is 10.1. The number of hydrogen-bond donors (Lipinski definition) is 0. The summed E-state index contributed by atoms with van der Waals surface area (Å²) in [7, 11) is 6.05. The molecule has 2 rings (SSSR count). The number of amides is 1. The molecule has 0 aliphatic heterocycles. The van der Waals surface area contributed by atoms with Crippen molar-refractivity contribution in [3.8, 4) is 17.2 Å². The van der Waals surface area contributed by atoms with Gasteiger partial charge in [0, 0.05) is 19.7 Å². The minimum Gasteiger partial charge on any atom is -0.493 e. The van der Waals surface area contributed by atoms with Crippen LogP contribution in [0.1, 0.15) is 15.9 Å². The molecule has 0 fully saturated rings. The number of likely N-dealkylation sites (N-methyl/N-ethyl adjacent to an activating group) is 1. The molecule has 0 unspecified atom stereocenters. The first kappa shape index (κ1) is 22.4. The number of nitrogens with zero attached hydrogens (tertiary/aromatic N) is 2. The Morgan fingerprint density at radius 2 is 1.67 bits per heavy atom. The normalized spacial score (nSPS) is 10.5. The van der Waals surface area contributed by atoms with Crippen LogP contribution in [0.2, 0.25) is 0 Å². The summed E-state index contributed by atoms with van der Waals surface area (Å²) in [5, 5.41) is 11.3. The lowest BCUT2D eigenvalue weighted by Crippen LogP contribution is -2.27. The molecular formula is C21H22N2O7. The maximum absolute atomic E-state index is 12.4. The van der Waals surface area contributed by atoms with Gasteiger partial charge >= 0.3 is 0 Å². The summed E-state index contributed by atoms with van der Waals surface area (Å²) in [5.74, 6) is 0.436. The summed E-state index contributed by atoms with van der Waals surface area (Å²) in [6.07, 6.45) is 2.59. The molecule has 9 heteroatoms. The Kier molecular flexibility index (Phi) is 7.51. The average molecular weight is 414 g/mol. The van der Waals surface area contributed by atoms with Crippen molar-refractivity contribution in [2.75, 3.05) is 34.9 Å². The van der Waals surface area contributed by atoms with Crippen molar-refractivity contribution in [3.63, 3.8) is 0 Å². The van der Waals surface area contributed by atoms with Crippen LogP contribution in [0.15, 0.2) is 42.5 Å². The first-order valence-electron chi connectivity index (χ1n) is 8.82. The molecule has 0 radical (unpaired) electrons. The van der Waals surface area contributed by atoms with E-state index in [1.165, 1.54) is 43.4 Å². The van der Waals surface area contributed by atoms with Crippen molar-refractivity contribution in [2.45, 2.75) is 0 Å². The second-order valence-corrected chi connectivity index (χ2v) is 6.32. The largest absolute Gasteiger partial charge is 0.493 e. The van der Waals surface area contributed by atoms with Crippen molar-refractivity contribution in [1.82, 2.24) is 4.90 Å². The Labute approximate surface area is 173 Å². The van der Waals surface area contributed by atoms with Gasteiger partial charge in [-0.3, -0.25) is 19.7 Å². The maximum atomic E-state index is 12.4. The number of nitro benzene ring substituents is 1. The first-order chi connectivity index (χ1) is 14.3. The minimum atomic E-state index is -0.562. The van der Waals surface area contributed by atoms with Gasteiger partial charge < -0.3 is 19.1 Å². The molecule has 0 aliphatic rings. The van der Waals surface area contributed by atoms with Gasteiger partial charge in [-0.15, -0.1) is 0 Å². The lowest BCUT2D eigenvalue weighted by Gasteiger charge is -2.11. The van der Waals surface area contributed by atoms with Crippen molar-refractivity contribution < 1.29 is 28.7 Å². The quantitative estimate of drug-likeness (QED) is 0.269. The summed E-state index contributed by atoms with van der Waals surface area (Å²) in [6.45, 7) is -0.108. The molecule has 2 aromatic carbocycles. The zero-order chi connectivity index (χ0) is 22.3. The highest BCUT2D eigenvalue weighted by Gasteiger charge is 2.18. The van der Waals surface area contributed by atoms with Gasteiger partial charge in [0.2, 0.25) is 0 Å². The summed E-state index contributed by atoms with van der Waals surface area (Å²) in [5.41, 5.74) is 0.347. The molecule has 2 aromatic rings. The Morgan fingerprint density at radius 1 is 1.07 bits per heavy atom. The number of ether oxygens (including phenoxy) is 3. The number of benzene rings is 2. The van der Waals surface area contributed by atoms with E-state index in [4.69, 9.17) is 14.2 Å². The van der Waals surface area contributed by atoms with Crippen molar-refractivity contribution >= 4 is 23.5 Å². The Hall–Kier alpha value is -3.88. The third kappa shape index (κ3) is 5.57. The smallest absolute Gasteiger partial charge is 0.280 e. The SMILES string of the molecule is COc1cc(/C=C/C(=O)c2ccc(OCC(=O)N(C)C)cc2)c([N+](=O)[O-])cc1OC. The number of carbonyl (C=O) groups is 2. The number of ketones is 1. The minimum absolute atomic E-state index is 0.108. The molecule has 0 aliphatic carbocycles. The first-order valence-corrected chi connectivity index (χ1v) is 8.82. The second-order valence-electron chi connectivity index (χ2n) is 6.32. The van der Waals surface area contributed by atoms with Gasteiger partial charge in [-0.1, -0.05) is 0 Å². The third-order valence-corrected chi connectivity index (χ3v) is 4.14. The summed E-state index contributed by atoms with van der Waals surface area (Å²) >= 11 is 0. The van der Waals surface area contributed by atoms with Crippen molar-refractivity contribution in [1.29, 1.82) is 0 Å². The molecule has 0 bridgehead atoms. The number of nitro groups is 1. The van der Waals surface area contributed by atoms with Gasteiger partial charge in [-0.25, -0.2) is 0 Å². The van der Waals surface area contributed by atoms with Crippen LogP contribution in [0, 0.1) is 10.1 Å². The van der Waals surface area contributed by atoms with Gasteiger partial charge in [-0.2, -0.15) is 0 Å². The van der Waals surface area contributed by atoms with E-state index in [1.54, 1.807) is 38.4 Å². The van der Waals surface area contributed by atoms with E-state index in [2.05, 4.69) is 0 Å². The van der Waals surface area contributed by atoms with Gasteiger partial charge in [0.15, 0.2) is 23.9 Å². The van der Waals surface area contributed by atoms with Gasteiger partial charge in [0.05, 0.1) is 30.8 Å². The predicted octanol–water partition coefficient (Wildman–Crippen LogP) is 2.98. The summed E-state index contributed by atoms with van der Waals surface area (Å²) in [4.78, 5) is 36.2. The molecule has 0 aromatic heterocycles. The zero-order valence-electron chi connectivity index (χ0n) is 17.1. The topological polar surface area (TPSA) is 108 Å². The molecule has 0 spiro atoms. The molecular weight excluding hydrogens is 392 g/mol.